The van der Waals surface area contributed by atoms with Crippen LogP contribution in [0.2, 0.25) is 0 Å². The normalized spacial score (nSPS) is 29.5. The van der Waals surface area contributed by atoms with Gasteiger partial charge in [-0.25, -0.2) is 4.79 Å². The maximum Gasteiger partial charge on any atom is 0.407 e. The summed E-state index contributed by atoms with van der Waals surface area (Å²) in [6.07, 6.45) is -0.303. The van der Waals surface area contributed by atoms with Gasteiger partial charge in [-0.3, -0.25) is 0 Å². The van der Waals surface area contributed by atoms with E-state index in [1.807, 2.05) is 0 Å². The Balaban J connectivity index is 2.33. The molecule has 0 radical (unpaired) electrons. The number of hydrogen-bond donors (Lipinski definition) is 3. The molecule has 0 aromatic heterocycles. The van der Waals surface area contributed by atoms with Crippen LogP contribution in [0.25, 0.3) is 0 Å². The van der Waals surface area contributed by atoms with Crippen LogP contribution < -0.4 is 10.6 Å². The second-order valence-corrected chi connectivity index (χ2v) is 2.80. The van der Waals surface area contributed by atoms with Gasteiger partial charge in [-0.05, 0) is 13.0 Å². The zero-order valence-corrected chi connectivity index (χ0v) is 7.04. The highest BCUT2D eigenvalue weighted by atomic mass is 16.5. The summed E-state index contributed by atoms with van der Waals surface area (Å²) in [4.78, 5) is 10.8. The molecule has 0 spiro atoms. The minimum atomic E-state index is -0.497. The summed E-state index contributed by atoms with van der Waals surface area (Å²) in [6, 6.07) is -0.230. The van der Waals surface area contributed by atoms with Gasteiger partial charge < -0.3 is 20.5 Å². The SMILES string of the molecule is COC(=O)N[C@@H]1CNCC[C@H]1O. The fourth-order valence-electron chi connectivity index (χ4n) is 1.20. The lowest BCUT2D eigenvalue weighted by atomic mass is 10.0. The monoisotopic (exact) mass is 174 g/mol. The second kappa shape index (κ2) is 4.27. The number of carbonyl (C=O) groups is 1. The van der Waals surface area contributed by atoms with Gasteiger partial charge in [0, 0.05) is 6.54 Å². The van der Waals surface area contributed by atoms with Gasteiger partial charge in [0.05, 0.1) is 19.3 Å². The van der Waals surface area contributed by atoms with Gasteiger partial charge in [-0.15, -0.1) is 0 Å². The number of piperidine rings is 1. The fourth-order valence-corrected chi connectivity index (χ4v) is 1.20. The van der Waals surface area contributed by atoms with E-state index in [1.165, 1.54) is 7.11 Å². The molecule has 2 atom stereocenters. The largest absolute Gasteiger partial charge is 0.453 e. The summed E-state index contributed by atoms with van der Waals surface area (Å²) < 4.78 is 4.41. The molecule has 1 rings (SSSR count). The fraction of sp³-hybridized carbons (Fsp3) is 0.857. The number of aliphatic hydroxyl groups excluding tert-OH is 1. The number of carbonyl (C=O) groups excluding carboxylic acids is 1. The van der Waals surface area contributed by atoms with Gasteiger partial charge in [0.1, 0.15) is 0 Å². The van der Waals surface area contributed by atoms with Crippen LogP contribution in [0.15, 0.2) is 0 Å². The van der Waals surface area contributed by atoms with Crippen molar-refractivity contribution in [3.05, 3.63) is 0 Å². The average molecular weight is 174 g/mol. The highest BCUT2D eigenvalue weighted by Gasteiger charge is 2.24. The molecule has 1 saturated heterocycles. The van der Waals surface area contributed by atoms with Gasteiger partial charge in [-0.1, -0.05) is 0 Å². The molecule has 1 fully saturated rings. The maximum absolute atomic E-state index is 10.8. The van der Waals surface area contributed by atoms with Crippen molar-refractivity contribution in [1.82, 2.24) is 10.6 Å². The van der Waals surface area contributed by atoms with Crippen LogP contribution in [-0.2, 0) is 4.74 Å². The van der Waals surface area contributed by atoms with Crippen LogP contribution in [0.5, 0.6) is 0 Å². The molecule has 1 aliphatic rings. The van der Waals surface area contributed by atoms with Crippen molar-refractivity contribution < 1.29 is 14.6 Å². The highest BCUT2D eigenvalue weighted by Crippen LogP contribution is 2.02. The molecule has 0 aliphatic carbocycles. The quantitative estimate of drug-likeness (QED) is 0.480. The Morgan fingerprint density at radius 1 is 1.75 bits per heavy atom. The van der Waals surface area contributed by atoms with Gasteiger partial charge >= 0.3 is 6.09 Å². The standard InChI is InChI=1S/C7H14N2O3/c1-12-7(11)9-5-4-8-3-2-6(5)10/h5-6,8,10H,2-4H2,1H3,(H,9,11)/t5-,6-/m1/s1. The molecule has 1 heterocycles. The highest BCUT2D eigenvalue weighted by molar-refractivity contribution is 5.67. The van der Waals surface area contributed by atoms with E-state index in [-0.39, 0.29) is 6.04 Å². The summed E-state index contributed by atoms with van der Waals surface area (Å²) in [5.41, 5.74) is 0. The number of ether oxygens (including phenoxy) is 1. The number of amides is 1. The predicted molar refractivity (Wildman–Crippen MR) is 42.8 cm³/mol. The van der Waals surface area contributed by atoms with E-state index in [9.17, 15) is 9.90 Å². The topological polar surface area (TPSA) is 70.6 Å². The van der Waals surface area contributed by atoms with Crippen molar-refractivity contribution in [2.24, 2.45) is 0 Å². The van der Waals surface area contributed by atoms with Crippen molar-refractivity contribution in [2.75, 3.05) is 20.2 Å². The number of rotatable bonds is 1. The van der Waals surface area contributed by atoms with E-state index < -0.39 is 12.2 Å². The lowest BCUT2D eigenvalue weighted by molar-refractivity contribution is 0.0917. The molecule has 1 aliphatic heterocycles. The van der Waals surface area contributed by atoms with Crippen LogP contribution in [0.3, 0.4) is 0 Å². The van der Waals surface area contributed by atoms with E-state index in [0.717, 1.165) is 6.54 Å². The lowest BCUT2D eigenvalue weighted by Crippen LogP contribution is -2.53. The molecule has 3 N–H and O–H groups in total. The second-order valence-electron chi connectivity index (χ2n) is 2.80. The summed E-state index contributed by atoms with van der Waals surface area (Å²) in [7, 11) is 1.30. The third-order valence-electron chi connectivity index (χ3n) is 1.93. The number of methoxy groups -OCH3 is 1. The van der Waals surface area contributed by atoms with E-state index in [2.05, 4.69) is 15.4 Å². The molecular formula is C7H14N2O3. The van der Waals surface area contributed by atoms with Crippen molar-refractivity contribution in [2.45, 2.75) is 18.6 Å². The summed E-state index contributed by atoms with van der Waals surface area (Å²) in [5, 5.41) is 15.0. The lowest BCUT2D eigenvalue weighted by Gasteiger charge is -2.28. The van der Waals surface area contributed by atoms with Crippen LogP contribution in [0.1, 0.15) is 6.42 Å². The minimum absolute atomic E-state index is 0.230. The Hall–Kier alpha value is -0.810. The Kier molecular flexibility index (Phi) is 3.31. The molecule has 0 aromatic carbocycles. The Labute approximate surface area is 71.1 Å². The molecule has 0 unspecified atom stereocenters. The zero-order chi connectivity index (χ0) is 8.97. The Bertz CT molecular complexity index is 163. The minimum Gasteiger partial charge on any atom is -0.453 e. The third-order valence-corrected chi connectivity index (χ3v) is 1.93. The molecule has 0 bridgehead atoms. The van der Waals surface area contributed by atoms with Gasteiger partial charge in [0.2, 0.25) is 0 Å². The molecule has 0 aromatic rings. The predicted octanol–water partition coefficient (Wildman–Crippen LogP) is -0.935. The summed E-state index contributed by atoms with van der Waals surface area (Å²) >= 11 is 0. The maximum atomic E-state index is 10.8. The summed E-state index contributed by atoms with van der Waals surface area (Å²) in [6.45, 7) is 1.39. The van der Waals surface area contributed by atoms with E-state index in [4.69, 9.17) is 0 Å². The summed E-state index contributed by atoms with van der Waals surface area (Å²) in [5.74, 6) is 0. The molecule has 12 heavy (non-hydrogen) atoms. The van der Waals surface area contributed by atoms with Crippen molar-refractivity contribution in [3.63, 3.8) is 0 Å². The van der Waals surface area contributed by atoms with Crippen molar-refractivity contribution in [3.8, 4) is 0 Å². The van der Waals surface area contributed by atoms with Crippen LogP contribution in [0.4, 0.5) is 4.79 Å². The third kappa shape index (κ3) is 2.35. The molecular weight excluding hydrogens is 160 g/mol. The Morgan fingerprint density at radius 2 is 2.50 bits per heavy atom. The van der Waals surface area contributed by atoms with Gasteiger partial charge in [-0.2, -0.15) is 0 Å². The number of aliphatic hydroxyl groups is 1. The molecule has 1 amide bonds. The van der Waals surface area contributed by atoms with Crippen molar-refractivity contribution in [1.29, 1.82) is 0 Å². The first-order valence-electron chi connectivity index (χ1n) is 3.97. The van der Waals surface area contributed by atoms with Gasteiger partial charge in [0.25, 0.3) is 0 Å². The van der Waals surface area contributed by atoms with Gasteiger partial charge in [0.15, 0.2) is 0 Å². The molecule has 5 heteroatoms. The Morgan fingerprint density at radius 3 is 3.08 bits per heavy atom. The number of nitrogens with one attached hydrogen (secondary N) is 2. The van der Waals surface area contributed by atoms with Crippen molar-refractivity contribution >= 4 is 6.09 Å². The number of hydrogen-bond acceptors (Lipinski definition) is 4. The number of alkyl carbamates (subject to hydrolysis) is 1. The average Bonchev–Trinajstić information content (AvgIpc) is 2.09. The van der Waals surface area contributed by atoms with Crippen LogP contribution >= 0.6 is 0 Å². The first-order chi connectivity index (χ1) is 5.74. The van der Waals surface area contributed by atoms with Crippen LogP contribution in [-0.4, -0.2) is 43.5 Å². The van der Waals surface area contributed by atoms with E-state index in [1.54, 1.807) is 0 Å². The van der Waals surface area contributed by atoms with Crippen LogP contribution in [0, 0.1) is 0 Å². The first-order valence-corrected chi connectivity index (χ1v) is 3.97. The smallest absolute Gasteiger partial charge is 0.407 e. The van der Waals surface area contributed by atoms with E-state index in [0.29, 0.717) is 13.0 Å². The zero-order valence-electron chi connectivity index (χ0n) is 7.04. The first kappa shape index (κ1) is 9.28. The molecule has 0 saturated carbocycles. The molecule has 5 nitrogen and oxygen atoms in total. The van der Waals surface area contributed by atoms with E-state index >= 15 is 0 Å². The molecule has 70 valence electrons.